The molecule has 0 aliphatic rings. The first-order valence-electron chi connectivity index (χ1n) is 13.8. The van der Waals surface area contributed by atoms with Crippen LogP contribution < -0.4 is 9.47 Å². The van der Waals surface area contributed by atoms with E-state index in [0.29, 0.717) is 51.5 Å². The fourth-order valence-electron chi connectivity index (χ4n) is 5.13. The second kappa shape index (κ2) is 13.2. The molecule has 0 saturated heterocycles. The van der Waals surface area contributed by atoms with Crippen LogP contribution in [-0.4, -0.2) is 11.9 Å². The second-order valence-electron chi connectivity index (χ2n) is 10.2. The van der Waals surface area contributed by atoms with Crippen LogP contribution in [0.5, 0.6) is 11.5 Å². The molecule has 0 heterocycles. The number of hydrogen-bond acceptors (Lipinski definition) is 5. The molecule has 0 aliphatic heterocycles. The summed E-state index contributed by atoms with van der Waals surface area (Å²) in [5, 5.41) is 0. The predicted octanol–water partition coefficient (Wildman–Crippen LogP) is 8.67. The standard InChI is InChI=1S/C37H36O5/c1-8-30-26(6)34(36(38)41-22-29-18-14-11-15-19-29)27(7)31(9-2)35(30)42-37(39)33-23(3)20-32(24(4)25(33)5)40-21-28-16-12-10-13-17-28/h8-20H,1-2,21-22H2,3-7H3. The lowest BCUT2D eigenvalue weighted by Gasteiger charge is -2.21. The summed E-state index contributed by atoms with van der Waals surface area (Å²) in [4.78, 5) is 27.0. The first-order chi connectivity index (χ1) is 20.2. The van der Waals surface area contributed by atoms with E-state index in [-0.39, 0.29) is 6.61 Å². The summed E-state index contributed by atoms with van der Waals surface area (Å²) in [5.41, 5.74) is 7.48. The molecule has 42 heavy (non-hydrogen) atoms. The van der Waals surface area contributed by atoms with Crippen molar-refractivity contribution in [2.45, 2.75) is 47.8 Å². The molecule has 5 nitrogen and oxygen atoms in total. The highest BCUT2D eigenvalue weighted by Gasteiger charge is 2.26. The van der Waals surface area contributed by atoms with Crippen molar-refractivity contribution in [3.63, 3.8) is 0 Å². The number of aryl methyl sites for hydroxylation is 1. The molecule has 0 fully saturated rings. The molecule has 4 aromatic carbocycles. The van der Waals surface area contributed by atoms with Crippen LogP contribution in [0.15, 0.2) is 79.9 Å². The van der Waals surface area contributed by atoms with Crippen LogP contribution in [0.3, 0.4) is 0 Å². The van der Waals surface area contributed by atoms with Crippen LogP contribution in [0, 0.1) is 34.6 Å². The number of rotatable bonds is 10. The van der Waals surface area contributed by atoms with Gasteiger partial charge in [-0.15, -0.1) is 0 Å². The Hall–Kier alpha value is -4.90. The molecular formula is C37H36O5. The van der Waals surface area contributed by atoms with Crippen molar-refractivity contribution in [2.24, 2.45) is 0 Å². The van der Waals surface area contributed by atoms with E-state index in [4.69, 9.17) is 14.2 Å². The lowest BCUT2D eigenvalue weighted by atomic mass is 9.91. The first-order valence-corrected chi connectivity index (χ1v) is 13.8. The molecule has 4 rings (SSSR count). The number of benzene rings is 4. The molecule has 0 atom stereocenters. The van der Waals surface area contributed by atoms with Gasteiger partial charge >= 0.3 is 11.9 Å². The van der Waals surface area contributed by atoms with Gasteiger partial charge in [0.05, 0.1) is 11.1 Å². The summed E-state index contributed by atoms with van der Waals surface area (Å²) in [7, 11) is 0. The van der Waals surface area contributed by atoms with Crippen LogP contribution >= 0.6 is 0 Å². The maximum absolute atomic E-state index is 13.7. The minimum absolute atomic E-state index is 0.144. The molecule has 0 aromatic heterocycles. The Labute approximate surface area is 248 Å². The lowest BCUT2D eigenvalue weighted by Crippen LogP contribution is -2.17. The van der Waals surface area contributed by atoms with Gasteiger partial charge in [0.1, 0.15) is 24.7 Å². The Balaban J connectivity index is 1.65. The van der Waals surface area contributed by atoms with Gasteiger partial charge in [-0.3, -0.25) is 0 Å². The average Bonchev–Trinajstić information content (AvgIpc) is 2.98. The summed E-state index contributed by atoms with van der Waals surface area (Å²) in [6.07, 6.45) is 3.17. The van der Waals surface area contributed by atoms with Crippen molar-refractivity contribution in [2.75, 3.05) is 0 Å². The van der Waals surface area contributed by atoms with E-state index in [2.05, 4.69) is 13.2 Å². The van der Waals surface area contributed by atoms with Crippen molar-refractivity contribution in [3.05, 3.63) is 141 Å². The van der Waals surface area contributed by atoms with E-state index in [0.717, 1.165) is 27.8 Å². The van der Waals surface area contributed by atoms with E-state index in [1.807, 2.05) is 87.5 Å². The number of esters is 2. The van der Waals surface area contributed by atoms with Crippen molar-refractivity contribution in [1.82, 2.24) is 0 Å². The zero-order chi connectivity index (χ0) is 30.4. The predicted molar refractivity (Wildman–Crippen MR) is 168 cm³/mol. The first kappa shape index (κ1) is 30.1. The smallest absolute Gasteiger partial charge is 0.344 e. The van der Waals surface area contributed by atoms with Gasteiger partial charge in [-0.2, -0.15) is 0 Å². The summed E-state index contributed by atoms with van der Waals surface area (Å²) in [6.45, 7) is 17.7. The van der Waals surface area contributed by atoms with E-state index in [1.54, 1.807) is 26.0 Å². The highest BCUT2D eigenvalue weighted by molar-refractivity contribution is 5.99. The van der Waals surface area contributed by atoms with Crippen molar-refractivity contribution in [1.29, 1.82) is 0 Å². The molecule has 0 unspecified atom stereocenters. The third-order valence-electron chi connectivity index (χ3n) is 7.56. The Morgan fingerprint density at radius 2 is 1.19 bits per heavy atom. The van der Waals surface area contributed by atoms with E-state index in [9.17, 15) is 9.59 Å². The van der Waals surface area contributed by atoms with Gasteiger partial charge < -0.3 is 14.2 Å². The molecule has 0 saturated carbocycles. The normalized spacial score (nSPS) is 10.6. The quantitative estimate of drug-likeness (QED) is 0.143. The van der Waals surface area contributed by atoms with Gasteiger partial charge in [-0.25, -0.2) is 9.59 Å². The van der Waals surface area contributed by atoms with Gasteiger partial charge in [0.25, 0.3) is 0 Å². The monoisotopic (exact) mass is 560 g/mol. The van der Waals surface area contributed by atoms with Crippen LogP contribution in [0.25, 0.3) is 12.2 Å². The summed E-state index contributed by atoms with van der Waals surface area (Å²) < 4.78 is 17.8. The molecular weight excluding hydrogens is 524 g/mol. The molecule has 214 valence electrons. The summed E-state index contributed by atoms with van der Waals surface area (Å²) >= 11 is 0. The zero-order valence-electron chi connectivity index (χ0n) is 24.9. The molecule has 4 aromatic rings. The SMILES string of the molecule is C=Cc1c(C)c(C(=O)OCc2ccccc2)c(C)c(C=C)c1OC(=O)c1c(C)cc(OCc2ccccc2)c(C)c1C. The summed E-state index contributed by atoms with van der Waals surface area (Å²) in [6, 6.07) is 21.3. The Kier molecular flexibility index (Phi) is 9.43. The van der Waals surface area contributed by atoms with Gasteiger partial charge in [0.15, 0.2) is 0 Å². The van der Waals surface area contributed by atoms with Crippen LogP contribution in [0.4, 0.5) is 0 Å². The highest BCUT2D eigenvalue weighted by atomic mass is 16.5. The Morgan fingerprint density at radius 3 is 1.71 bits per heavy atom. The van der Waals surface area contributed by atoms with Crippen LogP contribution in [-0.2, 0) is 18.0 Å². The molecule has 5 heteroatoms. The fourth-order valence-corrected chi connectivity index (χ4v) is 5.13. The van der Waals surface area contributed by atoms with Crippen molar-refractivity contribution < 1.29 is 23.8 Å². The number of ether oxygens (including phenoxy) is 3. The van der Waals surface area contributed by atoms with Crippen LogP contribution in [0.2, 0.25) is 0 Å². The maximum Gasteiger partial charge on any atom is 0.344 e. The highest BCUT2D eigenvalue weighted by Crippen LogP contribution is 2.37. The number of carbonyl (C=O) groups is 2. The van der Waals surface area contributed by atoms with E-state index < -0.39 is 11.9 Å². The van der Waals surface area contributed by atoms with Gasteiger partial charge in [0, 0.05) is 11.1 Å². The minimum Gasteiger partial charge on any atom is -0.489 e. The summed E-state index contributed by atoms with van der Waals surface area (Å²) in [5.74, 6) is 0.0490. The molecule has 0 radical (unpaired) electrons. The van der Waals surface area contributed by atoms with Crippen molar-refractivity contribution in [3.8, 4) is 11.5 Å². The van der Waals surface area contributed by atoms with E-state index >= 15 is 0 Å². The minimum atomic E-state index is -0.507. The lowest BCUT2D eigenvalue weighted by molar-refractivity contribution is 0.0471. The van der Waals surface area contributed by atoms with Crippen LogP contribution in [0.1, 0.15) is 70.8 Å². The zero-order valence-corrected chi connectivity index (χ0v) is 24.9. The Bertz CT molecular complexity index is 1610. The molecule has 0 amide bonds. The molecule has 0 bridgehead atoms. The topological polar surface area (TPSA) is 61.8 Å². The number of hydrogen-bond donors (Lipinski definition) is 0. The van der Waals surface area contributed by atoms with Gasteiger partial charge in [0.2, 0.25) is 0 Å². The van der Waals surface area contributed by atoms with Crippen molar-refractivity contribution >= 4 is 24.1 Å². The molecule has 0 spiro atoms. The second-order valence-corrected chi connectivity index (χ2v) is 10.2. The number of carbonyl (C=O) groups excluding carboxylic acids is 2. The average molecular weight is 561 g/mol. The maximum atomic E-state index is 13.7. The third-order valence-corrected chi connectivity index (χ3v) is 7.56. The Morgan fingerprint density at radius 1 is 0.667 bits per heavy atom. The molecule has 0 aliphatic carbocycles. The van der Waals surface area contributed by atoms with E-state index in [1.165, 1.54) is 0 Å². The third kappa shape index (κ3) is 6.21. The van der Waals surface area contributed by atoms with Gasteiger partial charge in [-0.05, 0) is 79.6 Å². The van der Waals surface area contributed by atoms with Gasteiger partial charge in [-0.1, -0.05) is 86.0 Å². The largest absolute Gasteiger partial charge is 0.489 e. The molecule has 0 N–H and O–H groups in total. The fraction of sp³-hybridized carbons (Fsp3) is 0.189.